The lowest BCUT2D eigenvalue weighted by Gasteiger charge is -2.07. The van der Waals surface area contributed by atoms with E-state index in [0.29, 0.717) is 0 Å². The summed E-state index contributed by atoms with van der Waals surface area (Å²) >= 11 is 7.32. The minimum Gasteiger partial charge on any atom is -0.323 e. The van der Waals surface area contributed by atoms with Crippen LogP contribution in [0, 0.1) is 0 Å². The molecule has 1 aromatic rings. The Labute approximate surface area is 94.0 Å². The van der Waals surface area contributed by atoms with E-state index in [1.807, 2.05) is 19.1 Å². The molecule has 1 aromatic heterocycles. The van der Waals surface area contributed by atoms with Crippen molar-refractivity contribution in [2.45, 2.75) is 19.4 Å². The first-order valence-corrected chi connectivity index (χ1v) is 4.94. The van der Waals surface area contributed by atoms with Crippen LogP contribution in [0.4, 0.5) is 0 Å². The number of rotatable bonds is 3. The summed E-state index contributed by atoms with van der Waals surface area (Å²) in [6.45, 7) is 5.80. The number of thiophene rings is 1. The highest BCUT2D eigenvalue weighted by atomic mass is 35.5. The van der Waals surface area contributed by atoms with Crippen LogP contribution in [0.2, 0.25) is 4.34 Å². The van der Waals surface area contributed by atoms with Gasteiger partial charge in [-0.3, -0.25) is 0 Å². The SMILES string of the molecule is C=C(C)C[C@@H](N)c1ccc(Cl)s1.Cl. The maximum Gasteiger partial charge on any atom is 0.0931 e. The molecule has 0 radical (unpaired) electrons. The summed E-state index contributed by atoms with van der Waals surface area (Å²) in [7, 11) is 0. The van der Waals surface area contributed by atoms with Crippen LogP contribution in [-0.4, -0.2) is 0 Å². The van der Waals surface area contributed by atoms with E-state index in [1.165, 1.54) is 11.3 Å². The second-order valence-corrected chi connectivity index (χ2v) is 4.66. The molecule has 0 saturated heterocycles. The monoisotopic (exact) mass is 237 g/mol. The van der Waals surface area contributed by atoms with Crippen LogP contribution >= 0.6 is 35.3 Å². The molecule has 1 nitrogen and oxygen atoms in total. The van der Waals surface area contributed by atoms with Crippen molar-refractivity contribution in [3.8, 4) is 0 Å². The van der Waals surface area contributed by atoms with Gasteiger partial charge in [0.1, 0.15) is 0 Å². The summed E-state index contributed by atoms with van der Waals surface area (Å²) < 4.78 is 0.794. The van der Waals surface area contributed by atoms with Gasteiger partial charge in [-0.15, -0.1) is 30.3 Å². The Balaban J connectivity index is 0.00000144. The summed E-state index contributed by atoms with van der Waals surface area (Å²) in [6.07, 6.45) is 0.830. The molecule has 13 heavy (non-hydrogen) atoms. The molecule has 0 aliphatic carbocycles. The van der Waals surface area contributed by atoms with Crippen LogP contribution < -0.4 is 5.73 Å². The Bertz CT molecular complexity index is 283. The molecule has 1 rings (SSSR count). The van der Waals surface area contributed by atoms with Crippen molar-refractivity contribution in [2.75, 3.05) is 0 Å². The molecule has 1 atom stereocenters. The predicted octanol–water partition coefficient (Wildman–Crippen LogP) is 3.79. The fourth-order valence-corrected chi connectivity index (χ4v) is 2.07. The Morgan fingerprint density at radius 1 is 1.69 bits per heavy atom. The number of hydrogen-bond donors (Lipinski definition) is 1. The zero-order valence-electron chi connectivity index (χ0n) is 7.42. The van der Waals surface area contributed by atoms with Crippen molar-refractivity contribution in [2.24, 2.45) is 5.73 Å². The number of hydrogen-bond acceptors (Lipinski definition) is 2. The molecule has 0 unspecified atom stereocenters. The van der Waals surface area contributed by atoms with Gasteiger partial charge >= 0.3 is 0 Å². The summed E-state index contributed by atoms with van der Waals surface area (Å²) in [5.74, 6) is 0. The maximum absolute atomic E-state index is 5.90. The molecule has 4 heteroatoms. The molecule has 0 fully saturated rings. The lowest BCUT2D eigenvalue weighted by atomic mass is 10.1. The normalized spacial score (nSPS) is 11.9. The highest BCUT2D eigenvalue weighted by molar-refractivity contribution is 7.16. The van der Waals surface area contributed by atoms with Gasteiger partial charge < -0.3 is 5.73 Å². The van der Waals surface area contributed by atoms with Crippen LogP contribution in [-0.2, 0) is 0 Å². The molecule has 2 N–H and O–H groups in total. The molecule has 0 saturated carbocycles. The van der Waals surface area contributed by atoms with Gasteiger partial charge in [0, 0.05) is 10.9 Å². The van der Waals surface area contributed by atoms with Gasteiger partial charge in [-0.2, -0.15) is 0 Å². The first-order valence-electron chi connectivity index (χ1n) is 3.75. The van der Waals surface area contributed by atoms with E-state index in [-0.39, 0.29) is 18.4 Å². The molecular formula is C9H13Cl2NS. The standard InChI is InChI=1S/C9H12ClNS.ClH/c1-6(2)5-7(11)8-3-4-9(10)12-8;/h3-4,7H,1,5,11H2,2H3;1H/t7-;/m1./s1. The molecule has 74 valence electrons. The molecule has 1 heterocycles. The van der Waals surface area contributed by atoms with Crippen molar-refractivity contribution in [1.29, 1.82) is 0 Å². The summed E-state index contributed by atoms with van der Waals surface area (Å²) in [5, 5.41) is 0. The van der Waals surface area contributed by atoms with Crippen LogP contribution in [0.5, 0.6) is 0 Å². The van der Waals surface area contributed by atoms with Gasteiger partial charge in [0.15, 0.2) is 0 Å². The zero-order chi connectivity index (χ0) is 9.14. The predicted molar refractivity (Wildman–Crippen MR) is 62.9 cm³/mol. The van der Waals surface area contributed by atoms with Crippen molar-refractivity contribution >= 4 is 35.3 Å². The zero-order valence-corrected chi connectivity index (χ0v) is 9.81. The van der Waals surface area contributed by atoms with Crippen molar-refractivity contribution in [3.63, 3.8) is 0 Å². The second-order valence-electron chi connectivity index (χ2n) is 2.91. The van der Waals surface area contributed by atoms with Crippen LogP contribution in [0.25, 0.3) is 0 Å². The largest absolute Gasteiger partial charge is 0.323 e. The van der Waals surface area contributed by atoms with E-state index in [2.05, 4.69) is 6.58 Å². The molecular weight excluding hydrogens is 225 g/mol. The first kappa shape index (κ1) is 13.0. The average Bonchev–Trinajstić information content (AvgIpc) is 2.34. The molecule has 0 aromatic carbocycles. The average molecular weight is 238 g/mol. The van der Waals surface area contributed by atoms with Gasteiger partial charge in [-0.1, -0.05) is 17.2 Å². The fourth-order valence-electron chi connectivity index (χ4n) is 1.00. The van der Waals surface area contributed by atoms with Crippen LogP contribution in [0.15, 0.2) is 24.3 Å². The molecule has 0 aliphatic rings. The van der Waals surface area contributed by atoms with E-state index in [0.717, 1.165) is 21.2 Å². The Kier molecular flexibility index (Phi) is 5.65. The van der Waals surface area contributed by atoms with E-state index < -0.39 is 0 Å². The van der Waals surface area contributed by atoms with E-state index >= 15 is 0 Å². The quantitative estimate of drug-likeness (QED) is 0.796. The van der Waals surface area contributed by atoms with Gasteiger partial charge in [0.25, 0.3) is 0 Å². The second kappa shape index (κ2) is 5.66. The summed E-state index contributed by atoms with van der Waals surface area (Å²) in [6, 6.07) is 3.90. The van der Waals surface area contributed by atoms with Gasteiger partial charge in [0.05, 0.1) is 4.34 Å². The first-order chi connectivity index (χ1) is 5.59. The van der Waals surface area contributed by atoms with Crippen LogP contribution in [0.3, 0.4) is 0 Å². The number of halogens is 2. The highest BCUT2D eigenvalue weighted by Crippen LogP contribution is 2.28. The van der Waals surface area contributed by atoms with Crippen molar-refractivity contribution in [3.05, 3.63) is 33.5 Å². The minimum absolute atomic E-state index is 0. The van der Waals surface area contributed by atoms with Gasteiger partial charge in [0.2, 0.25) is 0 Å². The minimum atomic E-state index is 0. The molecule has 0 aliphatic heterocycles. The van der Waals surface area contributed by atoms with E-state index in [1.54, 1.807) is 0 Å². The number of nitrogens with two attached hydrogens (primary N) is 1. The summed E-state index contributed by atoms with van der Waals surface area (Å²) in [4.78, 5) is 1.13. The van der Waals surface area contributed by atoms with Gasteiger partial charge in [-0.05, 0) is 25.5 Å². The lowest BCUT2D eigenvalue weighted by molar-refractivity contribution is 0.731. The third kappa shape index (κ3) is 4.14. The highest BCUT2D eigenvalue weighted by Gasteiger charge is 2.07. The fraction of sp³-hybridized carbons (Fsp3) is 0.333. The Morgan fingerprint density at radius 3 is 2.69 bits per heavy atom. The molecule has 0 bridgehead atoms. The van der Waals surface area contributed by atoms with Crippen molar-refractivity contribution < 1.29 is 0 Å². The third-order valence-electron chi connectivity index (χ3n) is 1.53. The van der Waals surface area contributed by atoms with E-state index in [4.69, 9.17) is 17.3 Å². The molecule has 0 spiro atoms. The third-order valence-corrected chi connectivity index (χ3v) is 2.89. The Morgan fingerprint density at radius 2 is 2.31 bits per heavy atom. The van der Waals surface area contributed by atoms with Crippen LogP contribution in [0.1, 0.15) is 24.3 Å². The van der Waals surface area contributed by atoms with Gasteiger partial charge in [-0.25, -0.2) is 0 Å². The van der Waals surface area contributed by atoms with E-state index in [9.17, 15) is 0 Å². The topological polar surface area (TPSA) is 26.0 Å². The lowest BCUT2D eigenvalue weighted by Crippen LogP contribution is -2.08. The summed E-state index contributed by atoms with van der Waals surface area (Å²) in [5.41, 5.74) is 7.00. The maximum atomic E-state index is 5.90. The van der Waals surface area contributed by atoms with Crippen molar-refractivity contribution in [1.82, 2.24) is 0 Å². The Hall–Kier alpha value is -0.0200. The smallest absolute Gasteiger partial charge is 0.0931 e. The molecule has 0 amide bonds.